The van der Waals surface area contributed by atoms with Crippen LogP contribution in [0.4, 0.5) is 5.69 Å². The minimum absolute atomic E-state index is 0.112. The molecule has 1 saturated heterocycles. The number of rotatable bonds is 5. The number of benzene rings is 1. The van der Waals surface area contributed by atoms with Crippen LogP contribution in [0.5, 0.6) is 0 Å². The smallest absolute Gasteiger partial charge is 0.258 e. The number of aromatic nitrogens is 2. The van der Waals surface area contributed by atoms with E-state index in [1.807, 2.05) is 29.2 Å². The number of carbonyl (C=O) groups excluding carboxylic acids is 1. The van der Waals surface area contributed by atoms with E-state index in [1.54, 1.807) is 14.0 Å². The van der Waals surface area contributed by atoms with Gasteiger partial charge in [0.25, 0.3) is 10.0 Å². The first-order valence-electron chi connectivity index (χ1n) is 8.44. The van der Waals surface area contributed by atoms with Crippen LogP contribution in [0.15, 0.2) is 41.6 Å². The molecule has 140 valence electrons. The summed E-state index contributed by atoms with van der Waals surface area (Å²) in [4.78, 5) is 15.5. The second-order valence-corrected chi connectivity index (χ2v) is 7.99. The number of carbonyl (C=O) groups is 1. The average Bonchev–Trinajstić information content (AvgIpc) is 3.08. The molecule has 9 heteroatoms. The molecule has 1 fully saturated rings. The molecule has 0 unspecified atom stereocenters. The van der Waals surface area contributed by atoms with Gasteiger partial charge in [-0.15, -0.1) is 0 Å². The minimum atomic E-state index is -3.59. The van der Waals surface area contributed by atoms with Crippen LogP contribution in [-0.2, 0) is 28.4 Å². The molecule has 1 amide bonds. The first-order valence-corrected chi connectivity index (χ1v) is 9.92. The molecule has 0 spiro atoms. The Hall–Kier alpha value is -2.39. The summed E-state index contributed by atoms with van der Waals surface area (Å²) in [6.45, 7) is 4.85. The summed E-state index contributed by atoms with van der Waals surface area (Å²) in [5.74, 6) is 0.112. The highest BCUT2D eigenvalue weighted by molar-refractivity contribution is 7.89. The van der Waals surface area contributed by atoms with Crippen molar-refractivity contribution in [3.8, 4) is 0 Å². The molecule has 0 aliphatic carbocycles. The normalized spacial score (nSPS) is 15.3. The van der Waals surface area contributed by atoms with Crippen LogP contribution in [-0.4, -0.2) is 55.2 Å². The molecule has 1 aromatic carbocycles. The number of hydrogen-bond donors (Lipinski definition) is 1. The maximum Gasteiger partial charge on any atom is 0.258 e. The number of sulfonamides is 1. The Morgan fingerprint density at radius 3 is 2.31 bits per heavy atom. The highest BCUT2D eigenvalue weighted by Gasteiger charge is 2.19. The Morgan fingerprint density at radius 2 is 1.77 bits per heavy atom. The zero-order valence-corrected chi connectivity index (χ0v) is 15.7. The molecule has 0 radical (unpaired) electrons. The average molecular weight is 377 g/mol. The molecule has 8 nitrogen and oxygen atoms in total. The van der Waals surface area contributed by atoms with Gasteiger partial charge in [0.1, 0.15) is 0 Å². The van der Waals surface area contributed by atoms with E-state index in [2.05, 4.69) is 14.7 Å². The maximum absolute atomic E-state index is 12.3. The Kier molecular flexibility index (Phi) is 5.28. The predicted octanol–water partition coefficient (Wildman–Crippen LogP) is 0.567. The van der Waals surface area contributed by atoms with Gasteiger partial charge >= 0.3 is 0 Å². The van der Waals surface area contributed by atoms with Gasteiger partial charge in [-0.05, 0) is 23.8 Å². The highest BCUT2D eigenvalue weighted by atomic mass is 32.2. The Bertz CT molecular complexity index is 868. The van der Waals surface area contributed by atoms with Gasteiger partial charge in [0.2, 0.25) is 5.91 Å². The molecule has 3 rings (SSSR count). The summed E-state index contributed by atoms with van der Waals surface area (Å²) in [6.07, 6.45) is 1.45. The van der Waals surface area contributed by atoms with Gasteiger partial charge in [0.05, 0.1) is 6.20 Å². The lowest BCUT2D eigenvalue weighted by Gasteiger charge is -2.35. The number of nitrogens with zero attached hydrogens (tertiary/aromatic N) is 4. The summed E-state index contributed by atoms with van der Waals surface area (Å²) in [5, 5.41) is 4.02. The first-order chi connectivity index (χ1) is 12.4. The van der Waals surface area contributed by atoms with E-state index in [-0.39, 0.29) is 17.5 Å². The number of amides is 1. The second kappa shape index (κ2) is 7.46. The molecule has 26 heavy (non-hydrogen) atoms. The van der Waals surface area contributed by atoms with Crippen LogP contribution < -0.4 is 9.62 Å². The molecule has 1 aliphatic rings. The van der Waals surface area contributed by atoms with E-state index in [0.717, 1.165) is 37.4 Å². The number of aryl methyl sites for hydroxylation is 1. The Labute approximate surface area is 153 Å². The zero-order valence-electron chi connectivity index (χ0n) is 14.9. The summed E-state index contributed by atoms with van der Waals surface area (Å²) < 4.78 is 28.5. The predicted molar refractivity (Wildman–Crippen MR) is 98.1 cm³/mol. The van der Waals surface area contributed by atoms with E-state index in [9.17, 15) is 13.2 Å². The number of nitrogens with one attached hydrogen (secondary N) is 1. The third-order valence-electron chi connectivity index (χ3n) is 4.54. The molecule has 2 aromatic rings. The largest absolute Gasteiger partial charge is 0.368 e. The standard InChI is InChI=1S/C17H23N5O3S/c1-14(23)21-9-11-22(12-10-21)16-5-3-15(4-6-16)13-19-26(24,25)17-7-8-18-20(17)2/h3-8,19H,9-13H2,1-2H3. The quantitative estimate of drug-likeness (QED) is 0.823. The van der Waals surface area contributed by atoms with E-state index in [0.29, 0.717) is 0 Å². The van der Waals surface area contributed by atoms with Gasteiger partial charge in [-0.1, -0.05) is 12.1 Å². The van der Waals surface area contributed by atoms with Crippen LogP contribution in [0.3, 0.4) is 0 Å². The minimum Gasteiger partial charge on any atom is -0.368 e. The summed E-state index contributed by atoms with van der Waals surface area (Å²) in [5.41, 5.74) is 1.95. The lowest BCUT2D eigenvalue weighted by Crippen LogP contribution is -2.48. The van der Waals surface area contributed by atoms with Crippen molar-refractivity contribution in [1.82, 2.24) is 19.4 Å². The van der Waals surface area contributed by atoms with Gasteiger partial charge in [-0.2, -0.15) is 5.10 Å². The van der Waals surface area contributed by atoms with Crippen molar-refractivity contribution in [3.05, 3.63) is 42.1 Å². The van der Waals surface area contributed by atoms with Crippen molar-refractivity contribution >= 4 is 21.6 Å². The second-order valence-electron chi connectivity index (χ2n) is 6.28. The SMILES string of the molecule is CC(=O)N1CCN(c2ccc(CNS(=O)(=O)c3ccnn3C)cc2)CC1. The van der Waals surface area contributed by atoms with Crippen LogP contribution in [0.1, 0.15) is 12.5 Å². The van der Waals surface area contributed by atoms with Crippen molar-refractivity contribution in [1.29, 1.82) is 0 Å². The molecule has 1 N–H and O–H groups in total. The van der Waals surface area contributed by atoms with Crippen LogP contribution in [0, 0.1) is 0 Å². The molecular formula is C17H23N5O3S. The van der Waals surface area contributed by atoms with Gasteiger partial charge in [0, 0.05) is 52.4 Å². The number of anilines is 1. The number of piperazine rings is 1. The molecule has 2 heterocycles. The fraction of sp³-hybridized carbons (Fsp3) is 0.412. The summed E-state index contributed by atoms with van der Waals surface area (Å²) in [7, 11) is -2.00. The zero-order chi connectivity index (χ0) is 18.7. The molecule has 1 aliphatic heterocycles. The van der Waals surface area contributed by atoms with Gasteiger partial charge in [-0.25, -0.2) is 13.1 Å². The first kappa shape index (κ1) is 18.4. The third kappa shape index (κ3) is 4.05. The fourth-order valence-corrected chi connectivity index (χ4v) is 4.12. The van der Waals surface area contributed by atoms with E-state index in [4.69, 9.17) is 0 Å². The van der Waals surface area contributed by atoms with Crippen molar-refractivity contribution in [2.24, 2.45) is 7.05 Å². The van der Waals surface area contributed by atoms with E-state index >= 15 is 0 Å². The maximum atomic E-state index is 12.3. The van der Waals surface area contributed by atoms with Crippen molar-refractivity contribution < 1.29 is 13.2 Å². The summed E-state index contributed by atoms with van der Waals surface area (Å²) >= 11 is 0. The van der Waals surface area contributed by atoms with E-state index in [1.165, 1.54) is 16.9 Å². The molecule has 0 bridgehead atoms. The lowest BCUT2D eigenvalue weighted by atomic mass is 10.2. The molecule has 1 aromatic heterocycles. The highest BCUT2D eigenvalue weighted by Crippen LogP contribution is 2.18. The fourth-order valence-electron chi connectivity index (χ4n) is 2.98. The van der Waals surface area contributed by atoms with Crippen molar-refractivity contribution in [3.63, 3.8) is 0 Å². The van der Waals surface area contributed by atoms with Crippen LogP contribution >= 0.6 is 0 Å². The molecular weight excluding hydrogens is 354 g/mol. The Morgan fingerprint density at radius 1 is 1.12 bits per heavy atom. The molecule has 0 saturated carbocycles. The van der Waals surface area contributed by atoms with E-state index < -0.39 is 10.0 Å². The van der Waals surface area contributed by atoms with Crippen LogP contribution in [0.2, 0.25) is 0 Å². The Balaban J connectivity index is 1.59. The lowest BCUT2D eigenvalue weighted by molar-refractivity contribution is -0.129. The molecule has 0 atom stereocenters. The third-order valence-corrected chi connectivity index (χ3v) is 6.02. The monoisotopic (exact) mass is 377 g/mol. The topological polar surface area (TPSA) is 87.5 Å². The van der Waals surface area contributed by atoms with Gasteiger partial charge in [0.15, 0.2) is 5.03 Å². The summed E-state index contributed by atoms with van der Waals surface area (Å²) in [6, 6.07) is 9.26. The van der Waals surface area contributed by atoms with Gasteiger partial charge in [-0.3, -0.25) is 9.48 Å². The van der Waals surface area contributed by atoms with Crippen LogP contribution in [0.25, 0.3) is 0 Å². The van der Waals surface area contributed by atoms with Crippen molar-refractivity contribution in [2.75, 3.05) is 31.1 Å². The van der Waals surface area contributed by atoms with Crippen molar-refractivity contribution in [2.45, 2.75) is 18.5 Å². The van der Waals surface area contributed by atoms with Gasteiger partial charge < -0.3 is 9.80 Å². The number of hydrogen-bond acceptors (Lipinski definition) is 5.